The van der Waals surface area contributed by atoms with Crippen LogP contribution in [0.15, 0.2) is 18.3 Å². The van der Waals surface area contributed by atoms with E-state index in [0.717, 1.165) is 36.3 Å². The number of carbonyl (C=O) groups is 2. The van der Waals surface area contributed by atoms with Gasteiger partial charge < -0.3 is 4.90 Å². The first-order valence-electron chi connectivity index (χ1n) is 9.07. The number of hydrogen-bond acceptors (Lipinski definition) is 4. The van der Waals surface area contributed by atoms with E-state index in [-0.39, 0.29) is 17.7 Å². The van der Waals surface area contributed by atoms with Crippen molar-refractivity contribution in [3.8, 4) is 0 Å². The molecule has 24 heavy (non-hydrogen) atoms. The number of anilines is 1. The topological polar surface area (TPSA) is 62.3 Å². The molecule has 2 aliphatic rings. The van der Waals surface area contributed by atoms with Gasteiger partial charge in [-0.2, -0.15) is 0 Å². The van der Waals surface area contributed by atoms with Gasteiger partial charge in [-0.1, -0.05) is 26.3 Å². The lowest BCUT2D eigenvalue weighted by Gasteiger charge is -2.22. The van der Waals surface area contributed by atoms with Gasteiger partial charge in [-0.05, 0) is 42.7 Å². The van der Waals surface area contributed by atoms with Crippen LogP contribution in [0.2, 0.25) is 0 Å². The molecule has 2 atom stereocenters. The third-order valence-corrected chi connectivity index (χ3v) is 5.17. The van der Waals surface area contributed by atoms with Crippen LogP contribution in [0.4, 0.5) is 5.82 Å². The van der Waals surface area contributed by atoms with Crippen molar-refractivity contribution in [3.05, 3.63) is 23.9 Å². The highest BCUT2D eigenvalue weighted by molar-refractivity contribution is 6.00. The van der Waals surface area contributed by atoms with Crippen LogP contribution < -0.4 is 10.2 Å². The molecule has 0 bridgehead atoms. The van der Waals surface area contributed by atoms with Crippen molar-refractivity contribution in [2.24, 2.45) is 11.8 Å². The predicted molar refractivity (Wildman–Crippen MR) is 93.8 cm³/mol. The van der Waals surface area contributed by atoms with E-state index >= 15 is 0 Å². The maximum atomic E-state index is 11.9. The van der Waals surface area contributed by atoms with Crippen molar-refractivity contribution in [1.82, 2.24) is 10.3 Å². The summed E-state index contributed by atoms with van der Waals surface area (Å²) in [6.45, 7) is 6.70. The molecule has 0 aliphatic carbocycles. The van der Waals surface area contributed by atoms with Crippen LogP contribution in [-0.2, 0) is 9.59 Å². The van der Waals surface area contributed by atoms with E-state index in [1.165, 1.54) is 19.3 Å². The summed E-state index contributed by atoms with van der Waals surface area (Å²) in [7, 11) is 0. The molecule has 2 amide bonds. The van der Waals surface area contributed by atoms with Gasteiger partial charge in [-0.3, -0.25) is 14.9 Å². The number of imide groups is 1. The molecular formula is C19H27N3O2. The quantitative estimate of drug-likeness (QED) is 0.844. The average molecular weight is 329 g/mol. The van der Waals surface area contributed by atoms with E-state index in [1.54, 1.807) is 6.20 Å². The second kappa shape index (κ2) is 7.32. The minimum absolute atomic E-state index is 0.176. The summed E-state index contributed by atoms with van der Waals surface area (Å²) in [6, 6.07) is 4.01. The van der Waals surface area contributed by atoms with Crippen LogP contribution >= 0.6 is 0 Å². The summed E-state index contributed by atoms with van der Waals surface area (Å²) in [5.74, 6) is 1.91. The summed E-state index contributed by atoms with van der Waals surface area (Å²) in [4.78, 5) is 30.1. The normalized spacial score (nSPS) is 24.5. The lowest BCUT2D eigenvalue weighted by Crippen LogP contribution is -2.39. The second-order valence-corrected chi connectivity index (χ2v) is 7.53. The fourth-order valence-electron chi connectivity index (χ4n) is 3.65. The van der Waals surface area contributed by atoms with Crippen LogP contribution in [0.3, 0.4) is 0 Å². The molecule has 2 unspecified atom stereocenters. The van der Waals surface area contributed by atoms with Crippen LogP contribution in [0, 0.1) is 11.8 Å². The van der Waals surface area contributed by atoms with Crippen molar-refractivity contribution < 1.29 is 9.59 Å². The molecule has 1 N–H and O–H groups in total. The van der Waals surface area contributed by atoms with Gasteiger partial charge in [0, 0.05) is 25.7 Å². The zero-order valence-electron chi connectivity index (χ0n) is 14.6. The Hall–Kier alpha value is -1.91. The molecular weight excluding hydrogens is 302 g/mol. The summed E-state index contributed by atoms with van der Waals surface area (Å²) >= 11 is 0. The number of hydrogen-bond donors (Lipinski definition) is 1. The fraction of sp³-hybridized carbons (Fsp3) is 0.632. The number of nitrogens with zero attached hydrogens (tertiary/aromatic N) is 2. The van der Waals surface area contributed by atoms with Gasteiger partial charge in [0.25, 0.3) is 0 Å². The summed E-state index contributed by atoms with van der Waals surface area (Å²) in [6.07, 6.45) is 6.61. The molecule has 2 fully saturated rings. The zero-order chi connectivity index (χ0) is 17.1. The van der Waals surface area contributed by atoms with Gasteiger partial charge in [0.15, 0.2) is 0 Å². The third kappa shape index (κ3) is 3.94. The van der Waals surface area contributed by atoms with Crippen molar-refractivity contribution in [3.63, 3.8) is 0 Å². The zero-order valence-corrected chi connectivity index (χ0v) is 14.6. The van der Waals surface area contributed by atoms with Crippen molar-refractivity contribution in [1.29, 1.82) is 0 Å². The third-order valence-electron chi connectivity index (χ3n) is 5.17. The number of pyridine rings is 1. The number of amides is 2. The van der Waals surface area contributed by atoms with E-state index < -0.39 is 0 Å². The van der Waals surface area contributed by atoms with Crippen LogP contribution in [0.25, 0.3) is 0 Å². The molecule has 0 aromatic carbocycles. The SMILES string of the molecule is CC(C)CCC1CCN(c2ccc(C3CCC(=O)NC3=O)cn2)C1. The van der Waals surface area contributed by atoms with Crippen molar-refractivity contribution in [2.45, 2.75) is 51.9 Å². The molecule has 5 heteroatoms. The van der Waals surface area contributed by atoms with Crippen molar-refractivity contribution >= 4 is 17.6 Å². The van der Waals surface area contributed by atoms with Crippen molar-refractivity contribution in [2.75, 3.05) is 18.0 Å². The molecule has 1 aromatic heterocycles. The number of nitrogens with one attached hydrogen (secondary N) is 1. The Labute approximate surface area is 143 Å². The molecule has 1 aromatic rings. The first-order valence-corrected chi connectivity index (χ1v) is 9.07. The lowest BCUT2D eigenvalue weighted by molar-refractivity contribution is -0.134. The number of rotatable bonds is 5. The maximum absolute atomic E-state index is 11.9. The smallest absolute Gasteiger partial charge is 0.234 e. The van der Waals surface area contributed by atoms with E-state index in [9.17, 15) is 9.59 Å². The summed E-state index contributed by atoms with van der Waals surface area (Å²) in [5.41, 5.74) is 0.902. The molecule has 0 radical (unpaired) electrons. The van der Waals surface area contributed by atoms with Gasteiger partial charge in [0.05, 0.1) is 5.92 Å². The first-order chi connectivity index (χ1) is 11.5. The minimum Gasteiger partial charge on any atom is -0.356 e. The highest BCUT2D eigenvalue weighted by Gasteiger charge is 2.29. The van der Waals surface area contributed by atoms with Crippen LogP contribution in [-0.4, -0.2) is 29.9 Å². The molecule has 3 heterocycles. The number of aromatic nitrogens is 1. The molecule has 2 aliphatic heterocycles. The van der Waals surface area contributed by atoms with Crippen LogP contribution in [0.5, 0.6) is 0 Å². The first kappa shape index (κ1) is 16.9. The monoisotopic (exact) mass is 329 g/mol. The van der Waals surface area contributed by atoms with Crippen LogP contribution in [0.1, 0.15) is 57.4 Å². The summed E-state index contributed by atoms with van der Waals surface area (Å²) in [5, 5.41) is 2.41. The Morgan fingerprint density at radius 3 is 2.79 bits per heavy atom. The largest absolute Gasteiger partial charge is 0.356 e. The van der Waals surface area contributed by atoms with Gasteiger partial charge in [0.2, 0.25) is 11.8 Å². The Balaban J connectivity index is 1.59. The van der Waals surface area contributed by atoms with Gasteiger partial charge in [0.1, 0.15) is 5.82 Å². The maximum Gasteiger partial charge on any atom is 0.234 e. The molecule has 2 saturated heterocycles. The molecule has 3 rings (SSSR count). The van der Waals surface area contributed by atoms with E-state index in [2.05, 4.69) is 29.0 Å². The molecule has 0 saturated carbocycles. The number of piperidine rings is 1. The van der Waals surface area contributed by atoms with Gasteiger partial charge in [-0.15, -0.1) is 0 Å². The van der Waals surface area contributed by atoms with E-state index in [4.69, 9.17) is 0 Å². The lowest BCUT2D eigenvalue weighted by atomic mass is 9.92. The Morgan fingerprint density at radius 1 is 1.29 bits per heavy atom. The Bertz CT molecular complexity index is 597. The summed E-state index contributed by atoms with van der Waals surface area (Å²) < 4.78 is 0. The fourth-order valence-corrected chi connectivity index (χ4v) is 3.65. The molecule has 5 nitrogen and oxygen atoms in total. The highest BCUT2D eigenvalue weighted by atomic mass is 16.2. The minimum atomic E-state index is -0.249. The Kier molecular flexibility index (Phi) is 5.17. The van der Waals surface area contributed by atoms with Gasteiger partial charge in [-0.25, -0.2) is 4.98 Å². The van der Waals surface area contributed by atoms with E-state index in [0.29, 0.717) is 12.8 Å². The predicted octanol–water partition coefficient (Wildman–Crippen LogP) is 2.86. The highest BCUT2D eigenvalue weighted by Crippen LogP contribution is 2.29. The second-order valence-electron chi connectivity index (χ2n) is 7.53. The average Bonchev–Trinajstić information content (AvgIpc) is 3.02. The molecule has 0 spiro atoms. The van der Waals surface area contributed by atoms with Gasteiger partial charge >= 0.3 is 0 Å². The Morgan fingerprint density at radius 2 is 2.12 bits per heavy atom. The van der Waals surface area contributed by atoms with E-state index in [1.807, 2.05) is 12.1 Å². The standard InChI is InChI=1S/C19H27N3O2/c1-13(2)3-4-14-9-10-22(12-14)17-7-5-15(11-20-17)16-6-8-18(23)21-19(16)24/h5,7,11,13-14,16H,3-4,6,8-10,12H2,1-2H3,(H,21,23,24). The molecule has 130 valence electrons. The number of carbonyl (C=O) groups excluding carboxylic acids is 2.